The first-order valence-electron chi connectivity index (χ1n) is 7.60. The SMILES string of the molecule is Cc1c(C(C)NC(C)C(=O)NC2CC2)sc2ccccc12. The number of amides is 1. The van der Waals surface area contributed by atoms with Gasteiger partial charge in [0.1, 0.15) is 0 Å². The third-order valence-corrected chi connectivity index (χ3v) is 5.55. The molecule has 0 spiro atoms. The summed E-state index contributed by atoms with van der Waals surface area (Å²) >= 11 is 1.82. The van der Waals surface area contributed by atoms with Crippen LogP contribution in [0.3, 0.4) is 0 Å². The van der Waals surface area contributed by atoms with Crippen molar-refractivity contribution in [2.75, 3.05) is 0 Å². The average Bonchev–Trinajstić information content (AvgIpc) is 3.21. The normalized spacial score (nSPS) is 17.7. The van der Waals surface area contributed by atoms with Crippen LogP contribution in [0, 0.1) is 6.92 Å². The fourth-order valence-corrected chi connectivity index (χ4v) is 3.91. The predicted molar refractivity (Wildman–Crippen MR) is 88.7 cm³/mol. The first-order valence-corrected chi connectivity index (χ1v) is 8.42. The molecule has 2 N–H and O–H groups in total. The van der Waals surface area contributed by atoms with E-state index in [0.717, 1.165) is 12.8 Å². The minimum Gasteiger partial charge on any atom is -0.352 e. The Morgan fingerprint density at radius 3 is 2.67 bits per heavy atom. The Bertz CT molecular complexity index is 660. The van der Waals surface area contributed by atoms with Gasteiger partial charge < -0.3 is 5.32 Å². The van der Waals surface area contributed by atoms with Crippen molar-refractivity contribution in [2.24, 2.45) is 0 Å². The first-order chi connectivity index (χ1) is 10.1. The Hall–Kier alpha value is -1.39. The van der Waals surface area contributed by atoms with Crippen LogP contribution in [0.2, 0.25) is 0 Å². The van der Waals surface area contributed by atoms with Crippen molar-refractivity contribution >= 4 is 27.3 Å². The summed E-state index contributed by atoms with van der Waals surface area (Å²) in [4.78, 5) is 13.4. The Labute approximate surface area is 129 Å². The van der Waals surface area contributed by atoms with Gasteiger partial charge in [0, 0.05) is 21.7 Å². The number of rotatable bonds is 5. The Morgan fingerprint density at radius 1 is 1.29 bits per heavy atom. The van der Waals surface area contributed by atoms with Gasteiger partial charge in [-0.05, 0) is 50.6 Å². The number of fused-ring (bicyclic) bond motifs is 1. The van der Waals surface area contributed by atoms with Crippen LogP contribution in [0.25, 0.3) is 10.1 Å². The van der Waals surface area contributed by atoms with Gasteiger partial charge in [-0.1, -0.05) is 18.2 Å². The zero-order chi connectivity index (χ0) is 15.0. The number of hydrogen-bond acceptors (Lipinski definition) is 3. The van der Waals surface area contributed by atoms with Gasteiger partial charge >= 0.3 is 0 Å². The van der Waals surface area contributed by atoms with Gasteiger partial charge in [0.2, 0.25) is 5.91 Å². The van der Waals surface area contributed by atoms with E-state index in [1.54, 1.807) is 0 Å². The van der Waals surface area contributed by atoms with Crippen LogP contribution in [-0.4, -0.2) is 18.0 Å². The second kappa shape index (κ2) is 5.78. The molecule has 1 fully saturated rings. The van der Waals surface area contributed by atoms with E-state index in [-0.39, 0.29) is 18.0 Å². The molecule has 3 rings (SSSR count). The number of hydrogen-bond donors (Lipinski definition) is 2. The third-order valence-electron chi connectivity index (χ3n) is 4.09. The summed E-state index contributed by atoms with van der Waals surface area (Å²) in [5, 5.41) is 7.80. The van der Waals surface area contributed by atoms with Crippen molar-refractivity contribution in [1.82, 2.24) is 10.6 Å². The number of benzene rings is 1. The van der Waals surface area contributed by atoms with Gasteiger partial charge in [0.25, 0.3) is 0 Å². The van der Waals surface area contributed by atoms with Gasteiger partial charge in [-0.15, -0.1) is 11.3 Å². The zero-order valence-electron chi connectivity index (χ0n) is 12.8. The number of carbonyl (C=O) groups excluding carboxylic acids is 1. The van der Waals surface area contributed by atoms with Gasteiger partial charge in [-0.3, -0.25) is 10.1 Å². The maximum atomic E-state index is 12.0. The molecular formula is C17H22N2OS. The monoisotopic (exact) mass is 302 g/mol. The lowest BCUT2D eigenvalue weighted by Crippen LogP contribution is -2.43. The molecule has 0 bridgehead atoms. The highest BCUT2D eigenvalue weighted by atomic mass is 32.1. The fourth-order valence-electron chi connectivity index (χ4n) is 2.69. The molecule has 0 aliphatic heterocycles. The highest BCUT2D eigenvalue weighted by Crippen LogP contribution is 2.34. The molecule has 21 heavy (non-hydrogen) atoms. The lowest BCUT2D eigenvalue weighted by atomic mass is 10.1. The lowest BCUT2D eigenvalue weighted by Gasteiger charge is -2.19. The van der Waals surface area contributed by atoms with Gasteiger partial charge in [-0.2, -0.15) is 0 Å². The largest absolute Gasteiger partial charge is 0.352 e. The maximum absolute atomic E-state index is 12.0. The topological polar surface area (TPSA) is 41.1 Å². The Kier molecular flexibility index (Phi) is 4.00. The van der Waals surface area contributed by atoms with Crippen LogP contribution < -0.4 is 10.6 Å². The molecule has 2 aromatic rings. The standard InChI is InChI=1S/C17H22N2OS/c1-10-14-6-4-5-7-15(14)21-16(10)11(2)18-12(3)17(20)19-13-8-9-13/h4-7,11-13,18H,8-9H2,1-3H3,(H,19,20). The first kappa shape index (κ1) is 14.5. The van der Waals surface area contributed by atoms with E-state index < -0.39 is 0 Å². The molecule has 0 saturated heterocycles. The zero-order valence-corrected chi connectivity index (χ0v) is 13.6. The Balaban J connectivity index is 1.72. The lowest BCUT2D eigenvalue weighted by molar-refractivity contribution is -0.123. The van der Waals surface area contributed by atoms with Crippen molar-refractivity contribution < 1.29 is 4.79 Å². The summed E-state index contributed by atoms with van der Waals surface area (Å²) in [7, 11) is 0. The number of nitrogens with one attached hydrogen (secondary N) is 2. The summed E-state index contributed by atoms with van der Waals surface area (Å²) in [6.45, 7) is 6.25. The smallest absolute Gasteiger partial charge is 0.237 e. The molecule has 2 atom stereocenters. The summed E-state index contributed by atoms with van der Waals surface area (Å²) < 4.78 is 1.31. The van der Waals surface area contributed by atoms with E-state index in [1.807, 2.05) is 18.3 Å². The van der Waals surface area contributed by atoms with Crippen molar-refractivity contribution in [3.05, 3.63) is 34.7 Å². The van der Waals surface area contributed by atoms with Crippen LogP contribution in [0.15, 0.2) is 24.3 Å². The highest BCUT2D eigenvalue weighted by Gasteiger charge is 2.26. The molecule has 3 nitrogen and oxygen atoms in total. The van der Waals surface area contributed by atoms with Crippen LogP contribution >= 0.6 is 11.3 Å². The maximum Gasteiger partial charge on any atom is 0.237 e. The second-order valence-corrected chi connectivity index (χ2v) is 7.06. The quantitative estimate of drug-likeness (QED) is 0.887. The summed E-state index contributed by atoms with van der Waals surface area (Å²) in [6, 6.07) is 8.92. The molecular weight excluding hydrogens is 280 g/mol. The molecule has 4 heteroatoms. The van der Waals surface area contributed by atoms with Crippen molar-refractivity contribution in [3.8, 4) is 0 Å². The fraction of sp³-hybridized carbons (Fsp3) is 0.471. The minimum atomic E-state index is -0.162. The van der Waals surface area contributed by atoms with Crippen molar-refractivity contribution in [2.45, 2.75) is 51.7 Å². The molecule has 1 aromatic heterocycles. The van der Waals surface area contributed by atoms with Gasteiger partial charge in [0.05, 0.1) is 6.04 Å². The predicted octanol–water partition coefficient (Wildman–Crippen LogP) is 3.53. The van der Waals surface area contributed by atoms with Crippen LogP contribution in [0.5, 0.6) is 0 Å². The average molecular weight is 302 g/mol. The van der Waals surface area contributed by atoms with Gasteiger partial charge in [0.15, 0.2) is 0 Å². The van der Waals surface area contributed by atoms with E-state index >= 15 is 0 Å². The van der Waals surface area contributed by atoms with Gasteiger partial charge in [-0.25, -0.2) is 0 Å². The Morgan fingerprint density at radius 2 is 2.00 bits per heavy atom. The van der Waals surface area contributed by atoms with E-state index in [2.05, 4.69) is 48.7 Å². The highest BCUT2D eigenvalue weighted by molar-refractivity contribution is 7.19. The second-order valence-electron chi connectivity index (χ2n) is 5.98. The molecule has 112 valence electrons. The van der Waals surface area contributed by atoms with Crippen LogP contribution in [0.4, 0.5) is 0 Å². The molecule has 1 heterocycles. The summed E-state index contributed by atoms with van der Waals surface area (Å²) in [5.41, 5.74) is 1.32. The molecule has 1 saturated carbocycles. The number of thiophene rings is 1. The molecule has 0 radical (unpaired) electrons. The number of carbonyl (C=O) groups is 1. The van der Waals surface area contributed by atoms with E-state index in [4.69, 9.17) is 0 Å². The molecule has 1 amide bonds. The van der Waals surface area contributed by atoms with Crippen LogP contribution in [0.1, 0.15) is 43.2 Å². The number of aryl methyl sites for hydroxylation is 1. The summed E-state index contributed by atoms with van der Waals surface area (Å²) in [5.74, 6) is 0.114. The molecule has 1 aromatic carbocycles. The van der Waals surface area contributed by atoms with E-state index in [1.165, 1.54) is 20.5 Å². The van der Waals surface area contributed by atoms with Crippen molar-refractivity contribution in [3.63, 3.8) is 0 Å². The minimum absolute atomic E-state index is 0.114. The third kappa shape index (κ3) is 3.11. The molecule has 2 unspecified atom stereocenters. The van der Waals surface area contributed by atoms with Crippen molar-refractivity contribution in [1.29, 1.82) is 0 Å². The molecule has 1 aliphatic rings. The summed E-state index contributed by atoms with van der Waals surface area (Å²) in [6.07, 6.45) is 2.26. The molecule has 1 aliphatic carbocycles. The van der Waals surface area contributed by atoms with E-state index in [9.17, 15) is 4.79 Å². The van der Waals surface area contributed by atoms with Crippen LogP contribution in [-0.2, 0) is 4.79 Å². The van der Waals surface area contributed by atoms with E-state index in [0.29, 0.717) is 6.04 Å².